The van der Waals surface area contributed by atoms with Gasteiger partial charge in [-0.05, 0) is 79.6 Å². The summed E-state index contributed by atoms with van der Waals surface area (Å²) in [4.78, 5) is 27.9. The lowest BCUT2D eigenvalue weighted by molar-refractivity contribution is -0.141. The van der Waals surface area contributed by atoms with E-state index in [2.05, 4.69) is 0 Å². The molecule has 8 heteroatoms. The number of methoxy groups -OCH3 is 1. The Balaban J connectivity index is 1.43. The second kappa shape index (κ2) is 13.1. The highest BCUT2D eigenvalue weighted by molar-refractivity contribution is 5.88. The van der Waals surface area contributed by atoms with E-state index in [-0.39, 0.29) is 17.8 Å². The summed E-state index contributed by atoms with van der Waals surface area (Å²) in [6, 6.07) is 20.9. The van der Waals surface area contributed by atoms with E-state index in [1.807, 2.05) is 71.0 Å². The molecular formula is C34H37FN2O5. The molecule has 0 bridgehead atoms. The molecule has 42 heavy (non-hydrogen) atoms. The van der Waals surface area contributed by atoms with E-state index in [1.165, 1.54) is 12.1 Å². The SMILES string of the molecule is CCC(C(=O)O)n1c2c(c3cc(F)ccc31)CC(N(CCOc1ccccc1)C(=O)CCc1ccccc1OC)CC2. The molecule has 2 unspecified atom stereocenters. The van der Waals surface area contributed by atoms with Crippen LogP contribution in [0, 0.1) is 5.82 Å². The number of amides is 1. The molecule has 2 atom stereocenters. The van der Waals surface area contributed by atoms with Gasteiger partial charge in [-0.3, -0.25) is 4.79 Å². The minimum absolute atomic E-state index is 0.0120. The molecule has 1 N–H and O–H groups in total. The number of rotatable bonds is 12. The van der Waals surface area contributed by atoms with Crippen LogP contribution in [0.4, 0.5) is 4.39 Å². The van der Waals surface area contributed by atoms with Gasteiger partial charge in [0.25, 0.3) is 0 Å². The Morgan fingerprint density at radius 2 is 1.86 bits per heavy atom. The van der Waals surface area contributed by atoms with Gasteiger partial charge in [0.1, 0.15) is 30.0 Å². The molecule has 0 saturated carbocycles. The van der Waals surface area contributed by atoms with Crippen molar-refractivity contribution in [2.24, 2.45) is 0 Å². The fourth-order valence-corrected chi connectivity index (χ4v) is 6.22. The van der Waals surface area contributed by atoms with Crippen LogP contribution in [-0.2, 0) is 28.9 Å². The van der Waals surface area contributed by atoms with Gasteiger partial charge in [0.2, 0.25) is 5.91 Å². The van der Waals surface area contributed by atoms with Crippen LogP contribution in [0.25, 0.3) is 10.9 Å². The predicted octanol–water partition coefficient (Wildman–Crippen LogP) is 6.22. The van der Waals surface area contributed by atoms with Gasteiger partial charge in [-0.2, -0.15) is 0 Å². The second-order valence-electron chi connectivity index (χ2n) is 10.7. The zero-order valence-electron chi connectivity index (χ0n) is 24.1. The number of hydrogen-bond donors (Lipinski definition) is 1. The van der Waals surface area contributed by atoms with Crippen molar-refractivity contribution >= 4 is 22.8 Å². The van der Waals surface area contributed by atoms with Crippen LogP contribution < -0.4 is 9.47 Å². The molecule has 0 spiro atoms. The van der Waals surface area contributed by atoms with Gasteiger partial charge in [0, 0.05) is 29.1 Å². The molecule has 1 aliphatic rings. The minimum atomic E-state index is -0.908. The molecule has 7 nitrogen and oxygen atoms in total. The zero-order valence-corrected chi connectivity index (χ0v) is 24.1. The molecular weight excluding hydrogens is 535 g/mol. The third-order valence-electron chi connectivity index (χ3n) is 8.23. The lowest BCUT2D eigenvalue weighted by atomic mass is 9.89. The Morgan fingerprint density at radius 1 is 1.10 bits per heavy atom. The van der Waals surface area contributed by atoms with Crippen molar-refractivity contribution in [3.63, 3.8) is 0 Å². The summed E-state index contributed by atoms with van der Waals surface area (Å²) >= 11 is 0. The topological polar surface area (TPSA) is 81.0 Å². The first kappa shape index (κ1) is 29.2. The number of carbonyl (C=O) groups is 2. The molecule has 5 rings (SSSR count). The van der Waals surface area contributed by atoms with Crippen molar-refractivity contribution in [2.45, 2.75) is 57.5 Å². The van der Waals surface area contributed by atoms with E-state index < -0.39 is 12.0 Å². The number of ether oxygens (including phenoxy) is 2. The number of halogens is 1. The summed E-state index contributed by atoms with van der Waals surface area (Å²) in [6.45, 7) is 2.58. The molecule has 1 aromatic heterocycles. The van der Waals surface area contributed by atoms with E-state index in [1.54, 1.807) is 13.2 Å². The van der Waals surface area contributed by atoms with Crippen LogP contribution in [0.3, 0.4) is 0 Å². The van der Waals surface area contributed by atoms with E-state index in [4.69, 9.17) is 9.47 Å². The van der Waals surface area contributed by atoms with Crippen molar-refractivity contribution < 1.29 is 28.6 Å². The number of aromatic nitrogens is 1. The quantitative estimate of drug-likeness (QED) is 0.218. The maximum Gasteiger partial charge on any atom is 0.326 e. The summed E-state index contributed by atoms with van der Waals surface area (Å²) in [5, 5.41) is 10.7. The Kier molecular flexibility index (Phi) is 9.10. The molecule has 1 heterocycles. The first-order chi connectivity index (χ1) is 20.4. The number of aryl methyl sites for hydroxylation is 1. The molecule has 1 aliphatic carbocycles. The number of hydrogen-bond acceptors (Lipinski definition) is 4. The molecule has 1 amide bonds. The molecule has 0 aliphatic heterocycles. The third-order valence-corrected chi connectivity index (χ3v) is 8.23. The Morgan fingerprint density at radius 3 is 2.60 bits per heavy atom. The zero-order chi connectivity index (χ0) is 29.6. The van der Waals surface area contributed by atoms with Gasteiger partial charge >= 0.3 is 5.97 Å². The van der Waals surface area contributed by atoms with Gasteiger partial charge in [0.05, 0.1) is 13.7 Å². The van der Waals surface area contributed by atoms with Crippen LogP contribution >= 0.6 is 0 Å². The molecule has 0 radical (unpaired) electrons. The van der Waals surface area contributed by atoms with E-state index >= 15 is 0 Å². The van der Waals surface area contributed by atoms with Crippen molar-refractivity contribution in [3.05, 3.63) is 95.4 Å². The summed E-state index contributed by atoms with van der Waals surface area (Å²) < 4.78 is 27.8. The highest BCUT2D eigenvalue weighted by Crippen LogP contribution is 2.37. The van der Waals surface area contributed by atoms with Crippen LogP contribution in [0.5, 0.6) is 11.5 Å². The fourth-order valence-electron chi connectivity index (χ4n) is 6.22. The first-order valence-corrected chi connectivity index (χ1v) is 14.5. The average Bonchev–Trinajstić information content (AvgIpc) is 3.31. The summed E-state index contributed by atoms with van der Waals surface area (Å²) in [5.41, 5.74) is 3.53. The number of aliphatic carboxylic acids is 1. The molecule has 0 saturated heterocycles. The van der Waals surface area contributed by atoms with Crippen molar-refractivity contribution in [1.29, 1.82) is 0 Å². The number of fused-ring (bicyclic) bond motifs is 3. The first-order valence-electron chi connectivity index (χ1n) is 14.5. The van der Waals surface area contributed by atoms with Crippen LogP contribution in [-0.4, -0.2) is 52.8 Å². The summed E-state index contributed by atoms with van der Waals surface area (Å²) in [6.07, 6.45) is 3.05. The standard InChI is InChI=1S/C34H37FN2O5/c1-3-29(34(39)40)37-30-16-14-24(35)21-27(30)28-22-25(15-17-31(28)37)36(19-20-42-26-10-5-4-6-11-26)33(38)18-13-23-9-7-8-12-32(23)41-2/h4-12,14,16,21,25,29H,3,13,15,17-20,22H2,1-2H3,(H,39,40). The van der Waals surface area contributed by atoms with Crippen LogP contribution in [0.15, 0.2) is 72.8 Å². The van der Waals surface area contributed by atoms with Crippen LogP contribution in [0.2, 0.25) is 0 Å². The Labute approximate surface area is 245 Å². The fraction of sp³-hybridized carbons (Fsp3) is 0.353. The number of para-hydroxylation sites is 2. The predicted molar refractivity (Wildman–Crippen MR) is 160 cm³/mol. The van der Waals surface area contributed by atoms with Crippen molar-refractivity contribution in [2.75, 3.05) is 20.3 Å². The maximum absolute atomic E-state index is 14.5. The van der Waals surface area contributed by atoms with Crippen molar-refractivity contribution in [1.82, 2.24) is 9.47 Å². The van der Waals surface area contributed by atoms with E-state index in [9.17, 15) is 19.1 Å². The number of benzene rings is 3. The molecule has 220 valence electrons. The number of carboxylic acid groups (broad SMARTS) is 1. The summed E-state index contributed by atoms with van der Waals surface area (Å²) in [5.74, 6) is 0.231. The van der Waals surface area contributed by atoms with Gasteiger partial charge in [0.15, 0.2) is 0 Å². The van der Waals surface area contributed by atoms with E-state index in [0.717, 1.165) is 39.2 Å². The molecule has 4 aromatic rings. The number of nitrogens with zero attached hydrogens (tertiary/aromatic N) is 2. The smallest absolute Gasteiger partial charge is 0.326 e. The van der Waals surface area contributed by atoms with Crippen LogP contribution in [0.1, 0.15) is 49.0 Å². The number of carboxylic acids is 1. The lowest BCUT2D eigenvalue weighted by Gasteiger charge is -2.35. The number of carbonyl (C=O) groups excluding carboxylic acids is 1. The van der Waals surface area contributed by atoms with Crippen molar-refractivity contribution in [3.8, 4) is 11.5 Å². The van der Waals surface area contributed by atoms with Gasteiger partial charge in [-0.25, -0.2) is 9.18 Å². The highest BCUT2D eigenvalue weighted by Gasteiger charge is 2.34. The second-order valence-corrected chi connectivity index (χ2v) is 10.7. The third kappa shape index (κ3) is 6.12. The molecule has 3 aromatic carbocycles. The average molecular weight is 573 g/mol. The highest BCUT2D eigenvalue weighted by atomic mass is 19.1. The normalized spacial score (nSPS) is 15.2. The van der Waals surface area contributed by atoms with Gasteiger partial charge < -0.3 is 24.0 Å². The van der Waals surface area contributed by atoms with Gasteiger partial charge in [-0.15, -0.1) is 0 Å². The Bertz CT molecular complexity index is 1550. The van der Waals surface area contributed by atoms with Gasteiger partial charge in [-0.1, -0.05) is 43.3 Å². The maximum atomic E-state index is 14.5. The Hall–Kier alpha value is -4.33. The monoisotopic (exact) mass is 572 g/mol. The largest absolute Gasteiger partial charge is 0.496 e. The minimum Gasteiger partial charge on any atom is -0.496 e. The lowest BCUT2D eigenvalue weighted by Crippen LogP contribution is -2.45. The summed E-state index contributed by atoms with van der Waals surface area (Å²) in [7, 11) is 1.63. The molecule has 0 fully saturated rings. The van der Waals surface area contributed by atoms with E-state index in [0.29, 0.717) is 51.7 Å².